The maximum atomic E-state index is 11.2. The quantitative estimate of drug-likeness (QED) is 0.650. The number of carbonyl (C=O) groups excluding carboxylic acids is 1. The van der Waals surface area contributed by atoms with Gasteiger partial charge in [0.15, 0.2) is 0 Å². The Morgan fingerprint density at radius 1 is 1.50 bits per heavy atom. The molecule has 1 aliphatic rings. The summed E-state index contributed by atoms with van der Waals surface area (Å²) in [6, 6.07) is -0.233. The van der Waals surface area contributed by atoms with Gasteiger partial charge in [-0.05, 0) is 26.3 Å². The van der Waals surface area contributed by atoms with Gasteiger partial charge < -0.3 is 11.5 Å². The second-order valence-corrected chi connectivity index (χ2v) is 4.20. The summed E-state index contributed by atoms with van der Waals surface area (Å²) in [4.78, 5) is 13.6. The highest BCUT2D eigenvalue weighted by Crippen LogP contribution is 2.19. The lowest BCUT2D eigenvalue weighted by Gasteiger charge is -2.37. The van der Waals surface area contributed by atoms with Crippen molar-refractivity contribution in [1.29, 1.82) is 0 Å². The van der Waals surface area contributed by atoms with Crippen LogP contribution in [0.3, 0.4) is 0 Å². The van der Waals surface area contributed by atoms with E-state index < -0.39 is 0 Å². The molecule has 2 unspecified atom stereocenters. The Bertz CT molecular complexity index is 244. The molecule has 4 N–H and O–H groups in total. The third-order valence-corrected chi connectivity index (χ3v) is 3.12. The Morgan fingerprint density at radius 2 is 2.14 bits per heavy atom. The van der Waals surface area contributed by atoms with Crippen LogP contribution in [0.2, 0.25) is 0 Å². The summed E-state index contributed by atoms with van der Waals surface area (Å²) in [6.45, 7) is 2.77. The lowest BCUT2D eigenvalue weighted by atomic mass is 9.99. The lowest BCUT2D eigenvalue weighted by molar-refractivity contribution is -0.124. The first kappa shape index (κ1) is 11.4. The number of hydrogen-bond donors (Lipinski definition) is 2. The summed E-state index contributed by atoms with van der Waals surface area (Å²) < 4.78 is 0. The van der Waals surface area contributed by atoms with E-state index in [4.69, 9.17) is 23.7 Å². The number of thiocarbonyl (C=S) groups is 1. The second-order valence-electron chi connectivity index (χ2n) is 3.73. The van der Waals surface area contributed by atoms with E-state index in [1.165, 1.54) is 0 Å². The monoisotopic (exact) mass is 215 g/mol. The molecule has 0 aliphatic carbocycles. The predicted octanol–water partition coefficient (Wildman–Crippen LogP) is 0.000800. The third kappa shape index (κ3) is 2.42. The van der Waals surface area contributed by atoms with Gasteiger partial charge in [-0.2, -0.15) is 0 Å². The summed E-state index contributed by atoms with van der Waals surface area (Å²) in [5.41, 5.74) is 10.9. The fourth-order valence-electron chi connectivity index (χ4n) is 1.89. The maximum absolute atomic E-state index is 11.2. The molecule has 80 valence electrons. The van der Waals surface area contributed by atoms with E-state index in [0.717, 1.165) is 25.8 Å². The molecule has 1 aliphatic heterocycles. The average Bonchev–Trinajstić information content (AvgIpc) is 2.16. The van der Waals surface area contributed by atoms with Crippen LogP contribution in [-0.4, -0.2) is 34.4 Å². The van der Waals surface area contributed by atoms with E-state index in [9.17, 15) is 4.79 Å². The van der Waals surface area contributed by atoms with Crippen molar-refractivity contribution in [3.05, 3.63) is 0 Å². The number of primary amides is 1. The molecule has 2 atom stereocenters. The zero-order valence-electron chi connectivity index (χ0n) is 8.40. The zero-order chi connectivity index (χ0) is 10.7. The Kier molecular flexibility index (Phi) is 3.83. The van der Waals surface area contributed by atoms with Crippen LogP contribution in [0.4, 0.5) is 0 Å². The zero-order valence-corrected chi connectivity index (χ0v) is 9.22. The van der Waals surface area contributed by atoms with Gasteiger partial charge in [0.25, 0.3) is 0 Å². The van der Waals surface area contributed by atoms with Crippen molar-refractivity contribution in [3.63, 3.8) is 0 Å². The van der Waals surface area contributed by atoms with E-state index >= 15 is 0 Å². The summed E-state index contributed by atoms with van der Waals surface area (Å²) in [7, 11) is 0. The Balaban J connectivity index is 2.72. The van der Waals surface area contributed by atoms with Crippen LogP contribution < -0.4 is 11.5 Å². The molecule has 0 spiro atoms. The van der Waals surface area contributed by atoms with Crippen molar-refractivity contribution in [2.24, 2.45) is 11.5 Å². The molecule has 0 radical (unpaired) electrons. The molecule has 0 aromatic rings. The van der Waals surface area contributed by atoms with Crippen LogP contribution in [0.25, 0.3) is 0 Å². The van der Waals surface area contributed by atoms with Gasteiger partial charge in [0.05, 0.1) is 17.1 Å². The molecule has 0 aromatic heterocycles. The largest absolute Gasteiger partial charge is 0.392 e. The standard InChI is InChI=1S/C9H17N3OS/c1-6(9(11)14)12-5-3-2-4-7(12)8(10)13/h6-7H,2-5H2,1H3,(H2,10,13)(H2,11,14). The molecule has 4 nitrogen and oxygen atoms in total. The van der Waals surface area contributed by atoms with Crippen LogP contribution in [-0.2, 0) is 4.79 Å². The van der Waals surface area contributed by atoms with Crippen LogP contribution >= 0.6 is 12.2 Å². The van der Waals surface area contributed by atoms with E-state index in [0.29, 0.717) is 4.99 Å². The summed E-state index contributed by atoms with van der Waals surface area (Å²) in [6.07, 6.45) is 2.95. The second kappa shape index (κ2) is 4.70. The molecular weight excluding hydrogens is 198 g/mol. The van der Waals surface area contributed by atoms with Crippen molar-refractivity contribution in [3.8, 4) is 0 Å². The Labute approximate surface area is 89.6 Å². The fraction of sp³-hybridized carbons (Fsp3) is 0.778. The van der Waals surface area contributed by atoms with E-state index in [-0.39, 0.29) is 18.0 Å². The predicted molar refractivity (Wildman–Crippen MR) is 59.8 cm³/mol. The lowest BCUT2D eigenvalue weighted by Crippen LogP contribution is -2.54. The summed E-state index contributed by atoms with van der Waals surface area (Å²) in [5.74, 6) is -0.271. The molecule has 0 saturated carbocycles. The third-order valence-electron chi connectivity index (χ3n) is 2.78. The molecular formula is C9H17N3OS. The van der Waals surface area contributed by atoms with Crippen molar-refractivity contribution < 1.29 is 4.79 Å². The number of carbonyl (C=O) groups is 1. The van der Waals surface area contributed by atoms with Crippen molar-refractivity contribution in [1.82, 2.24) is 4.90 Å². The number of hydrogen-bond acceptors (Lipinski definition) is 3. The Hall–Kier alpha value is -0.680. The minimum atomic E-state index is -0.271. The van der Waals surface area contributed by atoms with Crippen LogP contribution in [0.5, 0.6) is 0 Å². The number of rotatable bonds is 3. The number of likely N-dealkylation sites (tertiary alicyclic amines) is 1. The first-order valence-corrected chi connectivity index (χ1v) is 5.29. The highest BCUT2D eigenvalue weighted by Gasteiger charge is 2.31. The molecule has 1 saturated heterocycles. The average molecular weight is 215 g/mol. The molecule has 0 aromatic carbocycles. The topological polar surface area (TPSA) is 72.3 Å². The van der Waals surface area contributed by atoms with Crippen LogP contribution in [0.15, 0.2) is 0 Å². The van der Waals surface area contributed by atoms with Gasteiger partial charge in [0.2, 0.25) is 5.91 Å². The van der Waals surface area contributed by atoms with Crippen LogP contribution in [0.1, 0.15) is 26.2 Å². The van der Waals surface area contributed by atoms with Gasteiger partial charge in [-0.3, -0.25) is 9.69 Å². The van der Waals surface area contributed by atoms with Crippen molar-refractivity contribution in [2.75, 3.05) is 6.54 Å². The van der Waals surface area contributed by atoms with Gasteiger partial charge in [-0.25, -0.2) is 0 Å². The normalized spacial score (nSPS) is 25.6. The first-order chi connectivity index (χ1) is 6.54. The number of amides is 1. The smallest absolute Gasteiger partial charge is 0.234 e. The highest BCUT2D eigenvalue weighted by atomic mass is 32.1. The number of nitrogens with two attached hydrogens (primary N) is 2. The highest BCUT2D eigenvalue weighted by molar-refractivity contribution is 7.80. The first-order valence-electron chi connectivity index (χ1n) is 4.88. The SMILES string of the molecule is CC(C(N)=S)N1CCCCC1C(N)=O. The summed E-state index contributed by atoms with van der Waals surface area (Å²) >= 11 is 4.92. The Morgan fingerprint density at radius 3 is 2.64 bits per heavy atom. The number of piperidine rings is 1. The van der Waals surface area contributed by atoms with Gasteiger partial charge in [-0.15, -0.1) is 0 Å². The van der Waals surface area contributed by atoms with Gasteiger partial charge in [-0.1, -0.05) is 18.6 Å². The molecule has 5 heteroatoms. The van der Waals surface area contributed by atoms with E-state index in [1.54, 1.807) is 0 Å². The molecule has 14 heavy (non-hydrogen) atoms. The van der Waals surface area contributed by atoms with Gasteiger partial charge in [0.1, 0.15) is 0 Å². The number of nitrogens with zero attached hydrogens (tertiary/aromatic N) is 1. The van der Waals surface area contributed by atoms with E-state index in [2.05, 4.69) is 0 Å². The maximum Gasteiger partial charge on any atom is 0.234 e. The molecule has 0 bridgehead atoms. The molecule has 1 heterocycles. The van der Waals surface area contributed by atoms with Gasteiger partial charge >= 0.3 is 0 Å². The molecule has 1 rings (SSSR count). The minimum Gasteiger partial charge on any atom is -0.392 e. The minimum absolute atomic E-state index is 0.0391. The van der Waals surface area contributed by atoms with Crippen molar-refractivity contribution >= 4 is 23.1 Å². The molecule has 1 amide bonds. The van der Waals surface area contributed by atoms with Gasteiger partial charge in [0, 0.05) is 0 Å². The summed E-state index contributed by atoms with van der Waals surface area (Å²) in [5, 5.41) is 0. The molecule has 1 fully saturated rings. The van der Waals surface area contributed by atoms with E-state index in [1.807, 2.05) is 11.8 Å². The van der Waals surface area contributed by atoms with Crippen LogP contribution in [0, 0.1) is 0 Å². The fourth-order valence-corrected chi connectivity index (χ4v) is 2.02. The van der Waals surface area contributed by atoms with Crippen molar-refractivity contribution in [2.45, 2.75) is 38.3 Å².